The number of aromatic hydroxyl groups is 1. The molecule has 29 heavy (non-hydrogen) atoms. The number of hydrogen-bond acceptors (Lipinski definition) is 4. The first-order valence-electron chi connectivity index (χ1n) is 9.46. The number of aliphatic imine (C=N–C) groups is 1. The zero-order chi connectivity index (χ0) is 20.7. The highest BCUT2D eigenvalue weighted by Crippen LogP contribution is 2.25. The van der Waals surface area contributed by atoms with E-state index in [1.54, 1.807) is 18.2 Å². The van der Waals surface area contributed by atoms with Crippen molar-refractivity contribution in [3.63, 3.8) is 0 Å². The van der Waals surface area contributed by atoms with Gasteiger partial charge in [0.2, 0.25) is 0 Å². The Balaban J connectivity index is 0.00000420. The third kappa shape index (κ3) is 7.40. The third-order valence-corrected chi connectivity index (χ3v) is 4.91. The molecule has 1 atom stereocenters. The van der Waals surface area contributed by atoms with E-state index in [9.17, 15) is 18.3 Å². The normalized spacial score (nSPS) is 16.9. The van der Waals surface area contributed by atoms with Crippen LogP contribution in [0.4, 0.5) is 13.2 Å². The van der Waals surface area contributed by atoms with Crippen LogP contribution in [-0.4, -0.2) is 79.5 Å². The summed E-state index contributed by atoms with van der Waals surface area (Å²) < 4.78 is 43.8. The van der Waals surface area contributed by atoms with E-state index < -0.39 is 12.2 Å². The molecule has 0 aromatic heterocycles. The summed E-state index contributed by atoms with van der Waals surface area (Å²) in [6.07, 6.45) is -3.66. The molecule has 6 nitrogen and oxygen atoms in total. The van der Waals surface area contributed by atoms with Gasteiger partial charge < -0.3 is 20.1 Å². The lowest BCUT2D eigenvalue weighted by molar-refractivity contribution is -0.181. The van der Waals surface area contributed by atoms with Crippen molar-refractivity contribution in [2.75, 3.05) is 46.4 Å². The van der Waals surface area contributed by atoms with E-state index >= 15 is 0 Å². The molecule has 0 radical (unpaired) electrons. The minimum atomic E-state index is -4.21. The zero-order valence-electron chi connectivity index (χ0n) is 17.0. The summed E-state index contributed by atoms with van der Waals surface area (Å²) in [5.74, 6) is 1.44. The first-order valence-corrected chi connectivity index (χ1v) is 9.46. The standard InChI is InChI=1S/C19H29F3N4O2.HI/c1-4-23-18(24-8-7-15-5-6-16(28-3)13-17(15)27)26-11-9-25(10-12-26)14(2)19(20,21)22;/h5-6,13-14,27H,4,7-12H2,1-3H3,(H,23,24);1H. The molecule has 0 saturated carbocycles. The van der Waals surface area contributed by atoms with Gasteiger partial charge >= 0.3 is 6.18 Å². The van der Waals surface area contributed by atoms with E-state index in [-0.39, 0.29) is 29.7 Å². The van der Waals surface area contributed by atoms with Gasteiger partial charge in [-0.25, -0.2) is 0 Å². The zero-order valence-corrected chi connectivity index (χ0v) is 19.3. The molecule has 166 valence electrons. The predicted octanol–water partition coefficient (Wildman–Crippen LogP) is 3.10. The second-order valence-electron chi connectivity index (χ2n) is 6.72. The summed E-state index contributed by atoms with van der Waals surface area (Å²) >= 11 is 0. The largest absolute Gasteiger partial charge is 0.508 e. The smallest absolute Gasteiger partial charge is 0.403 e. The molecule has 1 aliphatic rings. The van der Waals surface area contributed by atoms with Crippen molar-refractivity contribution in [3.8, 4) is 11.5 Å². The van der Waals surface area contributed by atoms with Crippen molar-refractivity contribution in [2.24, 2.45) is 4.99 Å². The van der Waals surface area contributed by atoms with Crippen LogP contribution in [0.15, 0.2) is 23.2 Å². The Hall–Kier alpha value is -1.43. The lowest BCUT2D eigenvalue weighted by Crippen LogP contribution is -2.56. The minimum Gasteiger partial charge on any atom is -0.508 e. The molecule has 2 N–H and O–H groups in total. The van der Waals surface area contributed by atoms with Gasteiger partial charge in [-0.1, -0.05) is 6.07 Å². The van der Waals surface area contributed by atoms with Crippen LogP contribution in [0.1, 0.15) is 19.4 Å². The van der Waals surface area contributed by atoms with Crippen LogP contribution < -0.4 is 10.1 Å². The number of alkyl halides is 3. The van der Waals surface area contributed by atoms with Crippen LogP contribution in [0.2, 0.25) is 0 Å². The van der Waals surface area contributed by atoms with Crippen molar-refractivity contribution in [3.05, 3.63) is 23.8 Å². The Labute approximate surface area is 187 Å². The Bertz CT molecular complexity index is 665. The molecule has 2 rings (SSSR count). The number of nitrogens with one attached hydrogen (secondary N) is 1. The van der Waals surface area contributed by atoms with Crippen molar-refractivity contribution in [2.45, 2.75) is 32.5 Å². The fraction of sp³-hybridized carbons (Fsp3) is 0.632. The van der Waals surface area contributed by atoms with Gasteiger partial charge in [0.05, 0.1) is 7.11 Å². The summed E-state index contributed by atoms with van der Waals surface area (Å²) in [5.41, 5.74) is 0.768. The van der Waals surface area contributed by atoms with E-state index in [2.05, 4.69) is 10.3 Å². The summed E-state index contributed by atoms with van der Waals surface area (Å²) in [5, 5.41) is 13.2. The Morgan fingerprint density at radius 3 is 2.45 bits per heavy atom. The van der Waals surface area contributed by atoms with Gasteiger partial charge in [-0.05, 0) is 31.9 Å². The highest BCUT2D eigenvalue weighted by atomic mass is 127. The average molecular weight is 530 g/mol. The number of benzene rings is 1. The van der Waals surface area contributed by atoms with Crippen LogP contribution in [0, 0.1) is 0 Å². The predicted molar refractivity (Wildman–Crippen MR) is 118 cm³/mol. The molecule has 1 aromatic rings. The van der Waals surface area contributed by atoms with Crippen LogP contribution in [0.25, 0.3) is 0 Å². The maximum atomic E-state index is 12.9. The number of methoxy groups -OCH3 is 1. The summed E-state index contributed by atoms with van der Waals surface area (Å²) in [6.45, 7) is 5.94. The Morgan fingerprint density at radius 1 is 1.28 bits per heavy atom. The lowest BCUT2D eigenvalue weighted by atomic mass is 10.1. The fourth-order valence-electron chi connectivity index (χ4n) is 3.12. The first-order chi connectivity index (χ1) is 13.3. The van der Waals surface area contributed by atoms with Crippen molar-refractivity contribution < 1.29 is 23.0 Å². The maximum Gasteiger partial charge on any atom is 0.403 e. The van der Waals surface area contributed by atoms with E-state index in [1.807, 2.05) is 11.8 Å². The van der Waals surface area contributed by atoms with Crippen molar-refractivity contribution in [1.82, 2.24) is 15.1 Å². The molecule has 1 saturated heterocycles. The van der Waals surface area contributed by atoms with Gasteiger partial charge in [0.25, 0.3) is 0 Å². The molecule has 1 aliphatic heterocycles. The molecule has 1 unspecified atom stereocenters. The second kappa shape index (κ2) is 11.7. The van der Waals surface area contributed by atoms with Crippen molar-refractivity contribution in [1.29, 1.82) is 0 Å². The number of halogens is 4. The van der Waals surface area contributed by atoms with Crippen LogP contribution in [0.3, 0.4) is 0 Å². The topological polar surface area (TPSA) is 60.3 Å². The third-order valence-electron chi connectivity index (χ3n) is 4.91. The SMILES string of the molecule is CCNC(=NCCc1ccc(OC)cc1O)N1CCN(C(C)C(F)(F)F)CC1.I. The van der Waals surface area contributed by atoms with Crippen LogP contribution in [-0.2, 0) is 6.42 Å². The highest BCUT2D eigenvalue weighted by molar-refractivity contribution is 14.0. The summed E-state index contributed by atoms with van der Waals surface area (Å²) in [7, 11) is 1.54. The molecule has 0 spiro atoms. The minimum absolute atomic E-state index is 0. The van der Waals surface area contributed by atoms with Crippen LogP contribution >= 0.6 is 24.0 Å². The summed E-state index contributed by atoms with van der Waals surface area (Å²) in [6, 6.07) is 3.71. The molecular weight excluding hydrogens is 500 g/mol. The molecule has 0 amide bonds. The quantitative estimate of drug-likeness (QED) is 0.337. The summed E-state index contributed by atoms with van der Waals surface area (Å²) in [4.78, 5) is 8.02. The highest BCUT2D eigenvalue weighted by Gasteiger charge is 2.41. The molecule has 1 heterocycles. The molecule has 10 heteroatoms. The average Bonchev–Trinajstić information content (AvgIpc) is 2.67. The molecule has 1 fully saturated rings. The number of ether oxygens (including phenoxy) is 1. The number of rotatable bonds is 6. The molecule has 0 aliphatic carbocycles. The van der Waals surface area contributed by atoms with Crippen molar-refractivity contribution >= 4 is 29.9 Å². The van der Waals surface area contributed by atoms with Crippen LogP contribution in [0.5, 0.6) is 11.5 Å². The Kier molecular flexibility index (Phi) is 10.3. The van der Waals surface area contributed by atoms with Gasteiger partial charge in [0.15, 0.2) is 5.96 Å². The molecule has 1 aromatic carbocycles. The number of phenolic OH excluding ortho intramolecular Hbond substituents is 1. The number of hydrogen-bond donors (Lipinski definition) is 2. The fourth-order valence-corrected chi connectivity index (χ4v) is 3.12. The van der Waals surface area contributed by atoms with Gasteiger partial charge in [0, 0.05) is 45.3 Å². The van der Waals surface area contributed by atoms with Gasteiger partial charge in [-0.15, -0.1) is 24.0 Å². The van der Waals surface area contributed by atoms with Gasteiger partial charge in [-0.3, -0.25) is 9.89 Å². The van der Waals surface area contributed by atoms with Gasteiger partial charge in [-0.2, -0.15) is 13.2 Å². The second-order valence-corrected chi connectivity index (χ2v) is 6.72. The van der Waals surface area contributed by atoms with Gasteiger partial charge in [0.1, 0.15) is 17.5 Å². The molecule has 0 bridgehead atoms. The maximum absolute atomic E-state index is 12.9. The first kappa shape index (κ1) is 25.6. The van der Waals surface area contributed by atoms with E-state index in [4.69, 9.17) is 4.74 Å². The van der Waals surface area contributed by atoms with E-state index in [0.717, 1.165) is 5.56 Å². The number of piperazine rings is 1. The molecular formula is C19H30F3IN4O2. The van der Waals surface area contributed by atoms with E-state index in [0.29, 0.717) is 57.4 Å². The number of guanidine groups is 1. The monoisotopic (exact) mass is 530 g/mol. The Morgan fingerprint density at radius 2 is 1.93 bits per heavy atom. The number of nitrogens with zero attached hydrogens (tertiary/aromatic N) is 3. The lowest BCUT2D eigenvalue weighted by Gasteiger charge is -2.39. The van der Waals surface area contributed by atoms with E-state index in [1.165, 1.54) is 18.9 Å². The number of phenols is 1.